The van der Waals surface area contributed by atoms with Gasteiger partial charge in [-0.1, -0.05) is 6.42 Å². The molecule has 0 saturated carbocycles. The monoisotopic (exact) mass is 304 g/mol. The highest BCUT2D eigenvalue weighted by Crippen LogP contribution is 2.28. The molecule has 0 N–H and O–H groups in total. The molecule has 7 heteroatoms. The molecule has 0 aliphatic carbocycles. The van der Waals surface area contributed by atoms with E-state index >= 15 is 0 Å². The van der Waals surface area contributed by atoms with Crippen LogP contribution < -0.4 is 0 Å². The van der Waals surface area contributed by atoms with E-state index < -0.39 is 0 Å². The fourth-order valence-electron chi connectivity index (χ4n) is 3.29. The molecular formula is C15H24N6O. The van der Waals surface area contributed by atoms with Crippen LogP contribution >= 0.6 is 0 Å². The van der Waals surface area contributed by atoms with Crippen LogP contribution in [0.3, 0.4) is 0 Å². The first-order valence-corrected chi connectivity index (χ1v) is 7.98. The molecule has 0 bridgehead atoms. The minimum atomic E-state index is 0.136. The lowest BCUT2D eigenvalue weighted by Gasteiger charge is -2.38. The molecule has 1 aliphatic rings. The van der Waals surface area contributed by atoms with Gasteiger partial charge in [0, 0.05) is 13.0 Å². The largest absolute Gasteiger partial charge is 0.424 e. The van der Waals surface area contributed by atoms with E-state index in [1.807, 2.05) is 25.5 Å². The maximum atomic E-state index is 5.63. The van der Waals surface area contributed by atoms with Crippen molar-refractivity contribution in [3.63, 3.8) is 0 Å². The molecule has 3 heterocycles. The second kappa shape index (κ2) is 6.16. The summed E-state index contributed by atoms with van der Waals surface area (Å²) in [6.45, 7) is 9.84. The third kappa shape index (κ3) is 3.04. The van der Waals surface area contributed by atoms with E-state index in [0.717, 1.165) is 31.2 Å². The van der Waals surface area contributed by atoms with Crippen LogP contribution in [-0.4, -0.2) is 42.4 Å². The van der Waals surface area contributed by atoms with Crippen molar-refractivity contribution in [2.24, 2.45) is 0 Å². The van der Waals surface area contributed by atoms with Gasteiger partial charge in [-0.15, -0.1) is 10.2 Å². The highest BCUT2D eigenvalue weighted by molar-refractivity contribution is 4.94. The molecule has 1 saturated heterocycles. The maximum Gasteiger partial charge on any atom is 0.233 e. The molecule has 1 fully saturated rings. The Morgan fingerprint density at radius 1 is 1.23 bits per heavy atom. The molecule has 0 spiro atoms. The summed E-state index contributed by atoms with van der Waals surface area (Å²) in [7, 11) is 0. The summed E-state index contributed by atoms with van der Waals surface area (Å²) in [5.74, 6) is 3.14. The molecule has 7 nitrogen and oxygen atoms in total. The van der Waals surface area contributed by atoms with Gasteiger partial charge < -0.3 is 4.42 Å². The van der Waals surface area contributed by atoms with E-state index in [2.05, 4.69) is 32.1 Å². The molecule has 0 amide bonds. The summed E-state index contributed by atoms with van der Waals surface area (Å²) < 4.78 is 7.64. The first kappa shape index (κ1) is 15.1. The van der Waals surface area contributed by atoms with E-state index in [9.17, 15) is 0 Å². The van der Waals surface area contributed by atoms with Crippen LogP contribution in [0.15, 0.2) is 4.42 Å². The smallest absolute Gasteiger partial charge is 0.233 e. The Hall–Kier alpha value is -1.76. The second-order valence-corrected chi connectivity index (χ2v) is 6.11. The number of nitrogens with zero attached hydrogens (tertiary/aromatic N) is 6. The predicted molar refractivity (Wildman–Crippen MR) is 81.3 cm³/mol. The average molecular weight is 304 g/mol. The number of aromatic nitrogens is 5. The van der Waals surface area contributed by atoms with Gasteiger partial charge in [-0.25, -0.2) is 9.67 Å². The molecule has 22 heavy (non-hydrogen) atoms. The third-order valence-electron chi connectivity index (χ3n) is 4.42. The lowest BCUT2D eigenvalue weighted by atomic mass is 10.00. The molecule has 0 radical (unpaired) electrons. The van der Waals surface area contributed by atoms with Gasteiger partial charge >= 0.3 is 0 Å². The zero-order chi connectivity index (χ0) is 15.7. The summed E-state index contributed by atoms with van der Waals surface area (Å²) in [5, 5.41) is 12.7. The van der Waals surface area contributed by atoms with E-state index in [-0.39, 0.29) is 6.04 Å². The van der Waals surface area contributed by atoms with E-state index in [1.54, 1.807) is 0 Å². The minimum Gasteiger partial charge on any atom is -0.424 e. The molecule has 1 aliphatic heterocycles. The Balaban J connectivity index is 1.77. The Kier molecular flexibility index (Phi) is 4.24. The molecule has 120 valence electrons. The fourth-order valence-corrected chi connectivity index (χ4v) is 3.29. The average Bonchev–Trinajstić information content (AvgIpc) is 3.05. The Bertz CT molecular complexity index is 634. The van der Waals surface area contributed by atoms with E-state index in [1.165, 1.54) is 12.8 Å². The van der Waals surface area contributed by atoms with Crippen molar-refractivity contribution in [2.45, 2.75) is 65.6 Å². The van der Waals surface area contributed by atoms with Crippen molar-refractivity contribution >= 4 is 0 Å². The highest BCUT2D eigenvalue weighted by atomic mass is 16.4. The van der Waals surface area contributed by atoms with Crippen LogP contribution in [0.5, 0.6) is 0 Å². The minimum absolute atomic E-state index is 0.136. The molecule has 2 aromatic heterocycles. The summed E-state index contributed by atoms with van der Waals surface area (Å²) in [4.78, 5) is 6.87. The normalized spacial score (nSPS) is 21.2. The molecule has 2 atom stereocenters. The Labute approximate surface area is 130 Å². The summed E-state index contributed by atoms with van der Waals surface area (Å²) in [6.07, 6.45) is 3.63. The lowest BCUT2D eigenvalue weighted by molar-refractivity contribution is 0.0743. The summed E-state index contributed by atoms with van der Waals surface area (Å²) in [5.41, 5.74) is 0. The zero-order valence-corrected chi connectivity index (χ0v) is 13.8. The van der Waals surface area contributed by atoms with Gasteiger partial charge in [-0.3, -0.25) is 4.90 Å². The van der Waals surface area contributed by atoms with Gasteiger partial charge in [-0.05, 0) is 40.2 Å². The molecule has 3 rings (SSSR count). The number of rotatable bonds is 4. The van der Waals surface area contributed by atoms with Gasteiger partial charge in [0.2, 0.25) is 11.8 Å². The zero-order valence-electron chi connectivity index (χ0n) is 13.8. The van der Waals surface area contributed by atoms with Gasteiger partial charge in [0.05, 0.1) is 12.6 Å². The maximum absolute atomic E-state index is 5.63. The number of hydrogen-bond donors (Lipinski definition) is 0. The van der Waals surface area contributed by atoms with Crippen LogP contribution in [0, 0.1) is 20.8 Å². The fraction of sp³-hybridized carbons (Fsp3) is 0.733. The van der Waals surface area contributed by atoms with Crippen LogP contribution in [0.25, 0.3) is 0 Å². The van der Waals surface area contributed by atoms with Gasteiger partial charge in [-0.2, -0.15) is 5.10 Å². The van der Waals surface area contributed by atoms with Gasteiger partial charge in [0.25, 0.3) is 0 Å². The van der Waals surface area contributed by atoms with Crippen molar-refractivity contribution in [1.29, 1.82) is 0 Å². The van der Waals surface area contributed by atoms with Crippen molar-refractivity contribution in [1.82, 2.24) is 29.9 Å². The number of piperidine rings is 1. The first-order valence-electron chi connectivity index (χ1n) is 7.98. The topological polar surface area (TPSA) is 72.9 Å². The van der Waals surface area contributed by atoms with Crippen LogP contribution in [0.1, 0.15) is 55.7 Å². The van der Waals surface area contributed by atoms with Crippen LogP contribution in [0.2, 0.25) is 0 Å². The Morgan fingerprint density at radius 3 is 2.68 bits per heavy atom. The van der Waals surface area contributed by atoms with Gasteiger partial charge in [0.15, 0.2) is 0 Å². The second-order valence-electron chi connectivity index (χ2n) is 6.11. The standard InChI is InChI=1S/C15H24N6O/c1-10(15-18-17-13(4)22-15)20-8-6-5-7-14(20)9-21-12(3)16-11(2)19-21/h10,14H,5-9H2,1-4H3. The van der Waals surface area contributed by atoms with E-state index in [4.69, 9.17) is 4.42 Å². The molecule has 0 aromatic carbocycles. The number of likely N-dealkylation sites (tertiary alicyclic amines) is 1. The van der Waals surface area contributed by atoms with E-state index in [0.29, 0.717) is 17.8 Å². The molecular weight excluding hydrogens is 280 g/mol. The molecule has 2 unspecified atom stereocenters. The van der Waals surface area contributed by atoms with Crippen molar-refractivity contribution < 1.29 is 4.42 Å². The third-order valence-corrected chi connectivity index (χ3v) is 4.42. The number of hydrogen-bond acceptors (Lipinski definition) is 6. The van der Waals surface area contributed by atoms with Crippen molar-refractivity contribution in [3.05, 3.63) is 23.4 Å². The van der Waals surface area contributed by atoms with Crippen molar-refractivity contribution in [2.75, 3.05) is 6.54 Å². The first-order chi connectivity index (χ1) is 10.5. The lowest BCUT2D eigenvalue weighted by Crippen LogP contribution is -2.43. The van der Waals surface area contributed by atoms with Gasteiger partial charge in [0.1, 0.15) is 11.6 Å². The quantitative estimate of drug-likeness (QED) is 0.862. The highest BCUT2D eigenvalue weighted by Gasteiger charge is 2.30. The Morgan fingerprint density at radius 2 is 2.05 bits per heavy atom. The van der Waals surface area contributed by atoms with Crippen LogP contribution in [0.4, 0.5) is 0 Å². The van der Waals surface area contributed by atoms with Crippen molar-refractivity contribution in [3.8, 4) is 0 Å². The number of aryl methyl sites for hydroxylation is 3. The predicted octanol–water partition coefficient (Wildman–Crippen LogP) is 2.20. The summed E-state index contributed by atoms with van der Waals surface area (Å²) >= 11 is 0. The van der Waals surface area contributed by atoms with Crippen LogP contribution in [-0.2, 0) is 6.54 Å². The SMILES string of the molecule is Cc1nc(C)n(CC2CCCCN2C(C)c2nnc(C)o2)n1. The summed E-state index contributed by atoms with van der Waals surface area (Å²) in [6, 6.07) is 0.562. The molecule has 2 aromatic rings.